The first-order chi connectivity index (χ1) is 10.6. The fourth-order valence-corrected chi connectivity index (χ4v) is 2.09. The molecule has 0 amide bonds. The Morgan fingerprint density at radius 1 is 1.05 bits per heavy atom. The monoisotopic (exact) mass is 315 g/mol. The molecule has 0 aromatic rings. The molecule has 0 saturated carbocycles. The van der Waals surface area contributed by atoms with Gasteiger partial charge in [-0.05, 0) is 39.3 Å². The molecule has 0 spiro atoms. The van der Waals surface area contributed by atoms with Crippen molar-refractivity contribution in [2.75, 3.05) is 46.1 Å². The van der Waals surface area contributed by atoms with E-state index >= 15 is 0 Å². The zero-order valence-electron chi connectivity index (χ0n) is 15.0. The summed E-state index contributed by atoms with van der Waals surface area (Å²) in [5.74, 6) is 0. The molecule has 0 bridgehead atoms. The van der Waals surface area contributed by atoms with Crippen molar-refractivity contribution < 1.29 is 14.6 Å². The van der Waals surface area contributed by atoms with E-state index in [1.807, 2.05) is 6.92 Å². The Bertz CT molecular complexity index is 251. The van der Waals surface area contributed by atoms with Gasteiger partial charge >= 0.3 is 0 Å². The van der Waals surface area contributed by atoms with Crippen LogP contribution in [0.15, 0.2) is 12.2 Å². The van der Waals surface area contributed by atoms with E-state index in [1.165, 1.54) is 25.7 Å². The van der Waals surface area contributed by atoms with Gasteiger partial charge in [0.15, 0.2) is 0 Å². The second-order valence-corrected chi connectivity index (χ2v) is 6.06. The first kappa shape index (κ1) is 21.6. The average molecular weight is 315 g/mol. The molecule has 0 fully saturated rings. The number of aliphatic hydroxyl groups excluding tert-OH is 1. The number of rotatable bonds is 16. The molecule has 1 unspecified atom stereocenters. The molecule has 1 N–H and O–H groups in total. The van der Waals surface area contributed by atoms with Crippen LogP contribution in [-0.4, -0.2) is 62.2 Å². The van der Waals surface area contributed by atoms with E-state index in [-0.39, 0.29) is 0 Å². The molecule has 0 aliphatic carbocycles. The Labute approximate surface area is 137 Å². The highest BCUT2D eigenvalue weighted by Crippen LogP contribution is 2.01. The van der Waals surface area contributed by atoms with Crippen molar-refractivity contribution in [1.29, 1.82) is 0 Å². The summed E-state index contributed by atoms with van der Waals surface area (Å²) in [7, 11) is 0. The molecule has 0 aliphatic rings. The number of hydrogen-bond donors (Lipinski definition) is 1. The SMILES string of the molecule is C=C(C)CCOCCOCC(O)CN(CCCC)CCCC. The summed E-state index contributed by atoms with van der Waals surface area (Å²) in [4.78, 5) is 2.35. The van der Waals surface area contributed by atoms with Gasteiger partial charge in [0.2, 0.25) is 0 Å². The lowest BCUT2D eigenvalue weighted by Crippen LogP contribution is -2.36. The van der Waals surface area contributed by atoms with Crippen LogP contribution >= 0.6 is 0 Å². The molecule has 4 nitrogen and oxygen atoms in total. The summed E-state index contributed by atoms with van der Waals surface area (Å²) in [6, 6.07) is 0. The van der Waals surface area contributed by atoms with Gasteiger partial charge in [-0.1, -0.05) is 32.3 Å². The molecule has 0 rings (SSSR count). The molecular weight excluding hydrogens is 278 g/mol. The Kier molecular flexibility index (Phi) is 15.2. The molecule has 22 heavy (non-hydrogen) atoms. The molecule has 0 saturated heterocycles. The van der Waals surface area contributed by atoms with Crippen molar-refractivity contribution in [2.24, 2.45) is 0 Å². The van der Waals surface area contributed by atoms with Crippen LogP contribution in [0, 0.1) is 0 Å². The van der Waals surface area contributed by atoms with Crippen molar-refractivity contribution in [2.45, 2.75) is 59.0 Å². The molecule has 1 atom stereocenters. The molecule has 0 aliphatic heterocycles. The van der Waals surface area contributed by atoms with E-state index in [9.17, 15) is 5.11 Å². The molecule has 4 heteroatoms. The smallest absolute Gasteiger partial charge is 0.0900 e. The number of unbranched alkanes of at least 4 members (excludes halogenated alkanes) is 2. The van der Waals surface area contributed by atoms with Crippen LogP contribution in [0.4, 0.5) is 0 Å². The average Bonchev–Trinajstić information content (AvgIpc) is 2.48. The van der Waals surface area contributed by atoms with Crippen molar-refractivity contribution in [1.82, 2.24) is 4.90 Å². The highest BCUT2D eigenvalue weighted by atomic mass is 16.5. The first-order valence-corrected chi connectivity index (χ1v) is 8.80. The van der Waals surface area contributed by atoms with Crippen LogP contribution in [0.1, 0.15) is 52.9 Å². The van der Waals surface area contributed by atoms with Crippen LogP contribution < -0.4 is 0 Å². The second kappa shape index (κ2) is 15.5. The molecule has 0 aromatic carbocycles. The van der Waals surface area contributed by atoms with Gasteiger partial charge in [-0.25, -0.2) is 0 Å². The lowest BCUT2D eigenvalue weighted by molar-refractivity contribution is -0.00742. The van der Waals surface area contributed by atoms with E-state index in [0.717, 1.165) is 25.1 Å². The molecule has 132 valence electrons. The predicted octanol–water partition coefficient (Wildman–Crippen LogP) is 3.25. The number of nitrogens with zero attached hydrogens (tertiary/aromatic N) is 1. The number of ether oxygens (including phenoxy) is 2. The standard InChI is InChI=1S/C18H37NO3/c1-5-7-10-19(11-8-6-2)15-18(20)16-22-14-13-21-12-9-17(3)4/h18,20H,3,5-16H2,1-2,4H3. The maximum absolute atomic E-state index is 10.1. The van der Waals surface area contributed by atoms with Crippen LogP contribution in [0.2, 0.25) is 0 Å². The highest BCUT2D eigenvalue weighted by molar-refractivity contribution is 4.86. The van der Waals surface area contributed by atoms with Gasteiger partial charge in [-0.3, -0.25) is 0 Å². The summed E-state index contributed by atoms with van der Waals surface area (Å²) in [5, 5.41) is 10.1. The van der Waals surface area contributed by atoms with Crippen LogP contribution in [-0.2, 0) is 9.47 Å². The van der Waals surface area contributed by atoms with E-state index in [2.05, 4.69) is 25.3 Å². The second-order valence-electron chi connectivity index (χ2n) is 6.06. The Hall–Kier alpha value is -0.420. The zero-order valence-corrected chi connectivity index (χ0v) is 15.0. The van der Waals surface area contributed by atoms with Crippen LogP contribution in [0.3, 0.4) is 0 Å². The minimum atomic E-state index is -0.413. The fourth-order valence-electron chi connectivity index (χ4n) is 2.09. The number of aliphatic hydroxyl groups is 1. The Morgan fingerprint density at radius 2 is 1.64 bits per heavy atom. The van der Waals surface area contributed by atoms with Crippen LogP contribution in [0.25, 0.3) is 0 Å². The molecule has 0 radical (unpaired) electrons. The van der Waals surface area contributed by atoms with Crippen LogP contribution in [0.5, 0.6) is 0 Å². The third-order valence-corrected chi connectivity index (χ3v) is 3.48. The van der Waals surface area contributed by atoms with Crippen molar-refractivity contribution in [3.8, 4) is 0 Å². The van der Waals surface area contributed by atoms with Gasteiger partial charge in [-0.15, -0.1) is 6.58 Å². The van der Waals surface area contributed by atoms with Gasteiger partial charge < -0.3 is 19.5 Å². The minimum Gasteiger partial charge on any atom is -0.389 e. The van der Waals surface area contributed by atoms with E-state index in [0.29, 0.717) is 33.0 Å². The van der Waals surface area contributed by atoms with Gasteiger partial charge in [0.05, 0.1) is 32.5 Å². The topological polar surface area (TPSA) is 41.9 Å². The molecule has 0 aromatic heterocycles. The lowest BCUT2D eigenvalue weighted by Gasteiger charge is -2.24. The van der Waals surface area contributed by atoms with Crippen molar-refractivity contribution >= 4 is 0 Å². The summed E-state index contributed by atoms with van der Waals surface area (Å²) in [6.45, 7) is 15.3. The maximum Gasteiger partial charge on any atom is 0.0900 e. The van der Waals surface area contributed by atoms with E-state index in [1.54, 1.807) is 0 Å². The Morgan fingerprint density at radius 3 is 2.18 bits per heavy atom. The summed E-state index contributed by atoms with van der Waals surface area (Å²) < 4.78 is 10.9. The van der Waals surface area contributed by atoms with Gasteiger partial charge in [0.25, 0.3) is 0 Å². The zero-order chi connectivity index (χ0) is 16.6. The predicted molar refractivity (Wildman–Crippen MR) is 93.3 cm³/mol. The highest BCUT2D eigenvalue weighted by Gasteiger charge is 2.11. The Balaban J connectivity index is 3.65. The van der Waals surface area contributed by atoms with Gasteiger partial charge in [0, 0.05) is 6.54 Å². The largest absolute Gasteiger partial charge is 0.389 e. The summed E-state index contributed by atoms with van der Waals surface area (Å²) in [6.07, 6.45) is 5.24. The van der Waals surface area contributed by atoms with E-state index in [4.69, 9.17) is 9.47 Å². The minimum absolute atomic E-state index is 0.387. The van der Waals surface area contributed by atoms with Gasteiger partial charge in [-0.2, -0.15) is 0 Å². The number of hydrogen-bond acceptors (Lipinski definition) is 4. The van der Waals surface area contributed by atoms with Crippen molar-refractivity contribution in [3.05, 3.63) is 12.2 Å². The molecule has 0 heterocycles. The third kappa shape index (κ3) is 14.5. The van der Waals surface area contributed by atoms with Crippen molar-refractivity contribution in [3.63, 3.8) is 0 Å². The first-order valence-electron chi connectivity index (χ1n) is 8.80. The summed E-state index contributed by atoms with van der Waals surface area (Å²) in [5.41, 5.74) is 1.13. The quantitative estimate of drug-likeness (QED) is 0.351. The summed E-state index contributed by atoms with van der Waals surface area (Å²) >= 11 is 0. The third-order valence-electron chi connectivity index (χ3n) is 3.48. The molecular formula is C18H37NO3. The normalized spacial score (nSPS) is 12.8. The lowest BCUT2D eigenvalue weighted by atomic mass is 10.2. The maximum atomic E-state index is 10.1. The van der Waals surface area contributed by atoms with E-state index < -0.39 is 6.10 Å². The fraction of sp³-hybridized carbons (Fsp3) is 0.889. The van der Waals surface area contributed by atoms with Gasteiger partial charge in [0.1, 0.15) is 0 Å².